The maximum atomic E-state index is 13.4. The van der Waals surface area contributed by atoms with Crippen molar-refractivity contribution in [2.45, 2.75) is 35.3 Å². The van der Waals surface area contributed by atoms with Gasteiger partial charge in [0.1, 0.15) is 5.69 Å². The summed E-state index contributed by atoms with van der Waals surface area (Å²) in [6.07, 6.45) is -4.68. The van der Waals surface area contributed by atoms with Gasteiger partial charge in [0.15, 0.2) is 5.16 Å². The van der Waals surface area contributed by atoms with Gasteiger partial charge in [0, 0.05) is 17.8 Å². The molecule has 7 nitrogen and oxygen atoms in total. The zero-order valence-corrected chi connectivity index (χ0v) is 19.8. The summed E-state index contributed by atoms with van der Waals surface area (Å²) < 4.78 is 66.5. The van der Waals surface area contributed by atoms with Crippen LogP contribution in [0.25, 0.3) is 11.3 Å². The molecule has 180 valence electrons. The number of alkyl halides is 3. The Morgan fingerprint density at radius 3 is 2.29 bits per heavy atom. The first-order valence-electron chi connectivity index (χ1n) is 10.1. The van der Waals surface area contributed by atoms with Gasteiger partial charge >= 0.3 is 6.18 Å². The number of carbonyl (C=O) groups excluding carboxylic acids is 1. The number of amides is 1. The van der Waals surface area contributed by atoms with Crippen LogP contribution >= 0.6 is 11.8 Å². The van der Waals surface area contributed by atoms with E-state index >= 15 is 0 Å². The number of aromatic nitrogens is 2. The van der Waals surface area contributed by atoms with Crippen molar-refractivity contribution in [3.8, 4) is 11.3 Å². The molecule has 1 unspecified atom stereocenters. The SMILES string of the molecule is CCNS(=O)(=O)c1ccc(NC(=O)C(C)Sc2nc(-c3ccccc3)cc(C(F)(F)F)n2)cc1. The number of hydrogen-bond acceptors (Lipinski definition) is 6. The molecule has 0 saturated heterocycles. The first kappa shape index (κ1) is 25.7. The summed E-state index contributed by atoms with van der Waals surface area (Å²) in [5, 5.41) is 1.58. The number of benzene rings is 2. The van der Waals surface area contributed by atoms with E-state index in [2.05, 4.69) is 20.0 Å². The van der Waals surface area contributed by atoms with Gasteiger partial charge in [0.2, 0.25) is 15.9 Å². The van der Waals surface area contributed by atoms with Gasteiger partial charge in [-0.3, -0.25) is 4.79 Å². The van der Waals surface area contributed by atoms with Crippen molar-refractivity contribution in [1.29, 1.82) is 0 Å². The Labute approximate surface area is 199 Å². The summed E-state index contributed by atoms with van der Waals surface area (Å²) in [5.74, 6) is -0.505. The van der Waals surface area contributed by atoms with Crippen LogP contribution in [-0.4, -0.2) is 36.1 Å². The maximum Gasteiger partial charge on any atom is 0.433 e. The highest BCUT2D eigenvalue weighted by Crippen LogP contribution is 2.33. The molecule has 0 aliphatic heterocycles. The van der Waals surface area contributed by atoms with Crippen molar-refractivity contribution in [3.63, 3.8) is 0 Å². The van der Waals surface area contributed by atoms with Crippen molar-refractivity contribution in [1.82, 2.24) is 14.7 Å². The lowest BCUT2D eigenvalue weighted by atomic mass is 10.1. The lowest BCUT2D eigenvalue weighted by Crippen LogP contribution is -2.24. The van der Waals surface area contributed by atoms with Crippen LogP contribution < -0.4 is 10.0 Å². The van der Waals surface area contributed by atoms with Crippen molar-refractivity contribution in [2.24, 2.45) is 0 Å². The van der Waals surface area contributed by atoms with Crippen molar-refractivity contribution < 1.29 is 26.4 Å². The first-order chi connectivity index (χ1) is 16.0. The molecular formula is C22H21F3N4O3S2. The summed E-state index contributed by atoms with van der Waals surface area (Å²) in [7, 11) is -3.63. The van der Waals surface area contributed by atoms with E-state index in [4.69, 9.17) is 0 Å². The molecule has 0 aliphatic carbocycles. The number of sulfonamides is 1. The van der Waals surface area contributed by atoms with Crippen LogP contribution in [0.3, 0.4) is 0 Å². The second-order valence-corrected chi connectivity index (χ2v) is 10.1. The van der Waals surface area contributed by atoms with Crippen LogP contribution in [0.2, 0.25) is 0 Å². The number of anilines is 1. The average molecular weight is 511 g/mol. The van der Waals surface area contributed by atoms with E-state index in [9.17, 15) is 26.4 Å². The van der Waals surface area contributed by atoms with E-state index in [1.807, 2.05) is 0 Å². The average Bonchev–Trinajstić information content (AvgIpc) is 2.79. The minimum absolute atomic E-state index is 0.0422. The quantitative estimate of drug-likeness (QED) is 0.340. The summed E-state index contributed by atoms with van der Waals surface area (Å²) in [6.45, 7) is 3.40. The van der Waals surface area contributed by atoms with E-state index in [1.54, 1.807) is 37.3 Å². The van der Waals surface area contributed by atoms with Gasteiger partial charge in [-0.25, -0.2) is 23.1 Å². The van der Waals surface area contributed by atoms with E-state index in [-0.39, 0.29) is 22.3 Å². The fourth-order valence-corrected chi connectivity index (χ4v) is 4.65. The molecule has 3 aromatic rings. The lowest BCUT2D eigenvalue weighted by molar-refractivity contribution is -0.141. The molecule has 1 amide bonds. The molecule has 0 radical (unpaired) electrons. The summed E-state index contributed by atoms with van der Waals surface area (Å²) in [4.78, 5) is 20.4. The van der Waals surface area contributed by atoms with Crippen LogP contribution in [0, 0.1) is 0 Å². The Bertz CT molecular complexity index is 1250. The number of thioether (sulfide) groups is 1. The molecule has 0 saturated carbocycles. The van der Waals surface area contributed by atoms with Crippen LogP contribution in [-0.2, 0) is 21.0 Å². The van der Waals surface area contributed by atoms with Crippen LogP contribution in [0.1, 0.15) is 19.5 Å². The standard InChI is InChI=1S/C22H21F3N4O3S2/c1-3-26-34(31,32)17-11-9-16(10-12-17)27-20(30)14(2)33-21-28-18(15-7-5-4-6-8-15)13-19(29-21)22(23,24)25/h4-14,26H,3H2,1-2H3,(H,27,30). The third-order valence-electron chi connectivity index (χ3n) is 4.48. The number of rotatable bonds is 8. The molecule has 1 atom stereocenters. The Morgan fingerprint density at radius 1 is 1.06 bits per heavy atom. The summed E-state index contributed by atoms with van der Waals surface area (Å²) >= 11 is 0.784. The summed E-state index contributed by atoms with van der Waals surface area (Å²) in [5.41, 5.74) is -0.186. The molecule has 0 bridgehead atoms. The van der Waals surface area contributed by atoms with Gasteiger partial charge in [-0.05, 0) is 37.3 Å². The topological polar surface area (TPSA) is 101 Å². The molecule has 1 heterocycles. The minimum atomic E-state index is -4.68. The molecule has 0 fully saturated rings. The highest BCUT2D eigenvalue weighted by molar-refractivity contribution is 8.00. The number of carbonyl (C=O) groups is 1. The van der Waals surface area contributed by atoms with Crippen molar-refractivity contribution >= 4 is 33.4 Å². The molecule has 34 heavy (non-hydrogen) atoms. The fourth-order valence-electron chi connectivity index (χ4n) is 2.83. The molecule has 0 aliphatic rings. The normalized spacial score (nSPS) is 12.9. The highest BCUT2D eigenvalue weighted by atomic mass is 32.2. The predicted octanol–water partition coefficient (Wildman–Crippen LogP) is 4.58. The third-order valence-corrected chi connectivity index (χ3v) is 7.01. The largest absolute Gasteiger partial charge is 0.433 e. The number of nitrogens with one attached hydrogen (secondary N) is 2. The van der Waals surface area contributed by atoms with Crippen molar-refractivity contribution in [2.75, 3.05) is 11.9 Å². The van der Waals surface area contributed by atoms with Crippen LogP contribution in [0.5, 0.6) is 0 Å². The van der Waals surface area contributed by atoms with Gasteiger partial charge in [-0.15, -0.1) is 0 Å². The zero-order valence-electron chi connectivity index (χ0n) is 18.1. The first-order valence-corrected chi connectivity index (χ1v) is 12.4. The van der Waals surface area contributed by atoms with E-state index < -0.39 is 33.1 Å². The fraction of sp³-hybridized carbons (Fsp3) is 0.227. The molecule has 1 aromatic heterocycles. The van der Waals surface area contributed by atoms with Crippen LogP contribution in [0.15, 0.2) is 70.7 Å². The molecule has 3 rings (SSSR count). The smallest absolute Gasteiger partial charge is 0.325 e. The van der Waals surface area contributed by atoms with E-state index in [1.165, 1.54) is 31.2 Å². The van der Waals surface area contributed by atoms with E-state index in [0.717, 1.165) is 17.8 Å². The monoisotopic (exact) mass is 510 g/mol. The van der Waals surface area contributed by atoms with Gasteiger partial charge in [-0.1, -0.05) is 49.0 Å². The van der Waals surface area contributed by atoms with Gasteiger partial charge < -0.3 is 5.32 Å². The maximum absolute atomic E-state index is 13.4. The second-order valence-electron chi connectivity index (χ2n) is 7.06. The second kappa shape index (κ2) is 10.5. The van der Waals surface area contributed by atoms with Gasteiger partial charge in [-0.2, -0.15) is 13.2 Å². The Morgan fingerprint density at radius 2 is 1.71 bits per heavy atom. The molecule has 2 N–H and O–H groups in total. The Balaban J connectivity index is 1.77. The van der Waals surface area contributed by atoms with Gasteiger partial charge in [0.05, 0.1) is 15.8 Å². The van der Waals surface area contributed by atoms with Crippen LogP contribution in [0.4, 0.5) is 18.9 Å². The molecule has 0 spiro atoms. The predicted molar refractivity (Wildman–Crippen MR) is 124 cm³/mol. The lowest BCUT2D eigenvalue weighted by Gasteiger charge is -2.14. The number of hydrogen-bond donors (Lipinski definition) is 2. The van der Waals surface area contributed by atoms with E-state index in [0.29, 0.717) is 11.3 Å². The highest BCUT2D eigenvalue weighted by Gasteiger charge is 2.34. The van der Waals surface area contributed by atoms with Gasteiger partial charge in [0.25, 0.3) is 0 Å². The van der Waals surface area contributed by atoms with Crippen molar-refractivity contribution in [3.05, 3.63) is 66.4 Å². The molecule has 2 aromatic carbocycles. The zero-order chi connectivity index (χ0) is 24.9. The Hall–Kier alpha value is -2.96. The minimum Gasteiger partial charge on any atom is -0.325 e. The molecular weight excluding hydrogens is 489 g/mol. The molecule has 12 heteroatoms. The number of nitrogens with zero attached hydrogens (tertiary/aromatic N) is 2. The summed E-state index contributed by atoms with van der Waals surface area (Å²) in [6, 6.07) is 14.8. The third kappa shape index (κ3) is 6.55. The number of halogens is 3. The Kier molecular flexibility index (Phi) is 7.95.